The first-order valence-corrected chi connectivity index (χ1v) is 9.79. The van der Waals surface area contributed by atoms with E-state index in [9.17, 15) is 9.18 Å². The molecule has 2 heterocycles. The first-order chi connectivity index (χ1) is 14.1. The topological polar surface area (TPSA) is 30.7 Å². The lowest BCUT2D eigenvalue weighted by atomic mass is 9.98. The highest BCUT2D eigenvalue weighted by Crippen LogP contribution is 2.38. The molecule has 4 aromatic rings. The summed E-state index contributed by atoms with van der Waals surface area (Å²) in [7, 11) is 0. The molecule has 0 amide bonds. The van der Waals surface area contributed by atoms with Crippen LogP contribution >= 0.6 is 0 Å². The van der Waals surface area contributed by atoms with E-state index >= 15 is 0 Å². The molecule has 0 radical (unpaired) electrons. The lowest BCUT2D eigenvalue weighted by Crippen LogP contribution is -1.99. The third kappa shape index (κ3) is 3.42. The number of rotatable bonds is 5. The molecule has 0 N–H and O–H groups in total. The van der Waals surface area contributed by atoms with Crippen molar-refractivity contribution >= 4 is 28.3 Å². The van der Waals surface area contributed by atoms with Gasteiger partial charge in [0.15, 0.2) is 0 Å². The molecule has 146 valence electrons. The molecule has 0 bridgehead atoms. The average molecular weight is 387 g/mol. The van der Waals surface area contributed by atoms with Crippen LogP contribution in [0.2, 0.25) is 0 Å². The van der Waals surface area contributed by atoms with Gasteiger partial charge in [0.2, 0.25) is 0 Å². The number of carbonyl (C=O) groups is 1. The van der Waals surface area contributed by atoms with Crippen molar-refractivity contribution in [3.05, 3.63) is 83.9 Å². The van der Waals surface area contributed by atoms with Crippen LogP contribution in [-0.4, -0.2) is 17.0 Å². The second-order valence-corrected chi connectivity index (χ2v) is 6.80. The van der Waals surface area contributed by atoms with Gasteiger partial charge in [0, 0.05) is 34.5 Å². The maximum absolute atomic E-state index is 13.6. The molecule has 0 fully saturated rings. The van der Waals surface area contributed by atoms with Crippen molar-refractivity contribution in [1.82, 2.24) is 4.40 Å². The molecule has 0 aliphatic heterocycles. The van der Waals surface area contributed by atoms with Crippen molar-refractivity contribution in [1.29, 1.82) is 0 Å². The molecule has 0 unspecified atom stereocenters. The highest BCUT2D eigenvalue weighted by atomic mass is 19.1. The lowest BCUT2D eigenvalue weighted by molar-refractivity contribution is -0.137. The summed E-state index contributed by atoms with van der Waals surface area (Å²) in [6, 6.07) is 16.8. The minimum Gasteiger partial charge on any atom is -0.463 e. The summed E-state index contributed by atoms with van der Waals surface area (Å²) in [5, 5.41) is 2.24. The summed E-state index contributed by atoms with van der Waals surface area (Å²) in [6.45, 7) is 4.20. The summed E-state index contributed by atoms with van der Waals surface area (Å²) in [5.41, 5.74) is 4.98. The van der Waals surface area contributed by atoms with E-state index in [0.29, 0.717) is 6.61 Å². The molecule has 0 spiro atoms. The second kappa shape index (κ2) is 7.92. The minimum atomic E-state index is -0.375. The Kier molecular flexibility index (Phi) is 5.17. The van der Waals surface area contributed by atoms with Gasteiger partial charge in [-0.25, -0.2) is 9.18 Å². The number of pyridine rings is 1. The number of hydrogen-bond donors (Lipinski definition) is 0. The Balaban J connectivity index is 2.08. The molecular weight excluding hydrogens is 365 g/mol. The van der Waals surface area contributed by atoms with Gasteiger partial charge in [-0.3, -0.25) is 0 Å². The smallest absolute Gasteiger partial charge is 0.330 e. The van der Waals surface area contributed by atoms with Crippen LogP contribution in [0, 0.1) is 5.82 Å². The van der Waals surface area contributed by atoms with Gasteiger partial charge in [0.05, 0.1) is 12.1 Å². The number of carbonyl (C=O) groups excluding carboxylic acids is 1. The number of hydrogen-bond acceptors (Lipinski definition) is 2. The Morgan fingerprint density at radius 3 is 2.55 bits per heavy atom. The molecular formula is C25H22FNO2. The third-order valence-corrected chi connectivity index (χ3v) is 5.11. The number of benzene rings is 2. The van der Waals surface area contributed by atoms with E-state index in [2.05, 4.69) is 35.7 Å². The number of fused-ring (bicyclic) bond motifs is 3. The highest BCUT2D eigenvalue weighted by Gasteiger charge is 2.19. The van der Waals surface area contributed by atoms with E-state index in [1.165, 1.54) is 18.2 Å². The van der Waals surface area contributed by atoms with Crippen LogP contribution in [0.25, 0.3) is 33.5 Å². The summed E-state index contributed by atoms with van der Waals surface area (Å²) < 4.78 is 20.8. The van der Waals surface area contributed by atoms with Gasteiger partial charge < -0.3 is 9.14 Å². The number of halogens is 1. The summed E-state index contributed by atoms with van der Waals surface area (Å²) in [6.07, 6.45) is 6.12. The normalized spacial score (nSPS) is 11.6. The monoisotopic (exact) mass is 387 g/mol. The fourth-order valence-electron chi connectivity index (χ4n) is 3.89. The molecule has 4 rings (SSSR count). The van der Waals surface area contributed by atoms with Crippen LogP contribution in [0.15, 0.2) is 66.9 Å². The van der Waals surface area contributed by atoms with Gasteiger partial charge >= 0.3 is 5.97 Å². The Labute approximate surface area is 169 Å². The fraction of sp³-hybridized carbons (Fsp3) is 0.160. The Morgan fingerprint density at radius 1 is 1.07 bits per heavy atom. The molecule has 4 heteroatoms. The van der Waals surface area contributed by atoms with Crippen molar-refractivity contribution in [2.45, 2.75) is 20.3 Å². The van der Waals surface area contributed by atoms with Crippen LogP contribution in [0.3, 0.4) is 0 Å². The average Bonchev–Trinajstić information content (AvgIpc) is 3.06. The zero-order chi connectivity index (χ0) is 20.4. The maximum Gasteiger partial charge on any atom is 0.330 e. The minimum absolute atomic E-state index is 0.276. The molecule has 3 nitrogen and oxygen atoms in total. The molecule has 0 saturated heterocycles. The zero-order valence-corrected chi connectivity index (χ0v) is 16.5. The first-order valence-electron chi connectivity index (χ1n) is 9.79. The summed E-state index contributed by atoms with van der Waals surface area (Å²) in [4.78, 5) is 12.0. The number of aromatic nitrogens is 1. The molecule has 0 saturated carbocycles. The highest BCUT2D eigenvalue weighted by molar-refractivity contribution is 6.07. The molecule has 0 aliphatic carbocycles. The van der Waals surface area contributed by atoms with Crippen LogP contribution in [-0.2, 0) is 16.0 Å². The molecule has 0 aliphatic rings. The van der Waals surface area contributed by atoms with Crippen molar-refractivity contribution in [2.75, 3.05) is 6.61 Å². The van der Waals surface area contributed by atoms with Crippen molar-refractivity contribution in [2.24, 2.45) is 0 Å². The van der Waals surface area contributed by atoms with E-state index in [4.69, 9.17) is 4.74 Å². The SMILES string of the molecule is CCOC(=O)/C=C/c1c(-c2ccc(F)cc2)c2c3ccccc3ccn2c1CC. The lowest BCUT2D eigenvalue weighted by Gasteiger charge is -2.07. The predicted octanol–water partition coefficient (Wildman–Crippen LogP) is 6.04. The van der Waals surface area contributed by atoms with E-state index in [0.717, 1.165) is 45.1 Å². The number of esters is 1. The molecule has 0 atom stereocenters. The fourth-order valence-corrected chi connectivity index (χ4v) is 3.89. The van der Waals surface area contributed by atoms with Gasteiger partial charge in [-0.2, -0.15) is 0 Å². The Bertz CT molecular complexity index is 1220. The van der Waals surface area contributed by atoms with E-state index in [1.54, 1.807) is 19.1 Å². The molecule has 29 heavy (non-hydrogen) atoms. The van der Waals surface area contributed by atoms with Gasteiger partial charge in [-0.1, -0.05) is 43.3 Å². The Hall–Kier alpha value is -3.40. The van der Waals surface area contributed by atoms with Crippen LogP contribution in [0.5, 0.6) is 0 Å². The van der Waals surface area contributed by atoms with E-state index < -0.39 is 0 Å². The maximum atomic E-state index is 13.6. The van der Waals surface area contributed by atoms with E-state index in [1.807, 2.05) is 18.2 Å². The summed E-state index contributed by atoms with van der Waals surface area (Å²) >= 11 is 0. The van der Waals surface area contributed by atoms with Crippen LogP contribution < -0.4 is 0 Å². The van der Waals surface area contributed by atoms with Crippen LogP contribution in [0.4, 0.5) is 4.39 Å². The van der Waals surface area contributed by atoms with Gasteiger partial charge in [0.25, 0.3) is 0 Å². The molecule has 2 aromatic carbocycles. The number of ether oxygens (including phenoxy) is 1. The number of nitrogens with zero attached hydrogens (tertiary/aromatic N) is 1. The van der Waals surface area contributed by atoms with Crippen molar-refractivity contribution in [3.63, 3.8) is 0 Å². The standard InChI is InChI=1S/C25H22FNO2/c1-3-22-21(13-14-23(28)29-4-2)24(18-9-11-19(26)12-10-18)25-20-8-6-5-7-17(20)15-16-27(22)25/h5-16H,3-4H2,1-2H3/b14-13+. The van der Waals surface area contributed by atoms with Crippen molar-refractivity contribution in [3.8, 4) is 11.1 Å². The second-order valence-electron chi connectivity index (χ2n) is 6.80. The van der Waals surface area contributed by atoms with Crippen molar-refractivity contribution < 1.29 is 13.9 Å². The quantitative estimate of drug-likeness (QED) is 0.309. The summed E-state index contributed by atoms with van der Waals surface area (Å²) in [5.74, 6) is -0.652. The third-order valence-electron chi connectivity index (χ3n) is 5.11. The first kappa shape index (κ1) is 18.9. The van der Waals surface area contributed by atoms with Gasteiger partial charge in [-0.05, 0) is 48.6 Å². The van der Waals surface area contributed by atoms with Crippen LogP contribution in [0.1, 0.15) is 25.1 Å². The number of aryl methyl sites for hydroxylation is 1. The van der Waals surface area contributed by atoms with Gasteiger partial charge in [-0.15, -0.1) is 0 Å². The van der Waals surface area contributed by atoms with E-state index in [-0.39, 0.29) is 11.8 Å². The molecule has 2 aromatic heterocycles. The van der Waals surface area contributed by atoms with Gasteiger partial charge in [0.1, 0.15) is 5.82 Å². The largest absolute Gasteiger partial charge is 0.463 e. The Morgan fingerprint density at radius 2 is 1.83 bits per heavy atom. The zero-order valence-electron chi connectivity index (χ0n) is 16.5. The predicted molar refractivity (Wildman–Crippen MR) is 115 cm³/mol.